The Morgan fingerprint density at radius 1 is 1.45 bits per heavy atom. The van der Waals surface area contributed by atoms with E-state index < -0.39 is 17.9 Å². The molecule has 1 fully saturated rings. The zero-order valence-corrected chi connectivity index (χ0v) is 6.11. The molecule has 0 aromatic rings. The van der Waals surface area contributed by atoms with E-state index in [1.54, 1.807) is 6.92 Å². The van der Waals surface area contributed by atoms with Gasteiger partial charge in [-0.3, -0.25) is 0 Å². The number of hydrogen-bond acceptors (Lipinski definition) is 5. The molecule has 0 saturated carbocycles. The predicted octanol–water partition coefficient (Wildman–Crippen LogP) is -0.530. The van der Waals surface area contributed by atoms with E-state index in [2.05, 4.69) is 9.47 Å². The van der Waals surface area contributed by atoms with E-state index in [1.165, 1.54) is 0 Å². The molecular weight excluding hydrogens is 152 g/mol. The average molecular weight is 162 g/mol. The van der Waals surface area contributed by atoms with E-state index in [4.69, 9.17) is 10.2 Å². The standard InChI is InChI=1S/C6H10O5/c1-6(4(7)8)2-10-5(9)11-3-6/h4,7-8H,2-3H2,1H3. The van der Waals surface area contributed by atoms with Gasteiger partial charge in [-0.2, -0.15) is 0 Å². The molecule has 1 saturated heterocycles. The molecule has 1 heterocycles. The highest BCUT2D eigenvalue weighted by Gasteiger charge is 2.38. The van der Waals surface area contributed by atoms with Gasteiger partial charge in [0.2, 0.25) is 0 Å². The van der Waals surface area contributed by atoms with Gasteiger partial charge < -0.3 is 19.7 Å². The fraction of sp³-hybridized carbons (Fsp3) is 0.833. The normalized spacial score (nSPS) is 22.7. The fourth-order valence-electron chi connectivity index (χ4n) is 0.680. The number of hydrogen-bond donors (Lipinski definition) is 2. The number of carbonyl (C=O) groups is 1. The maximum atomic E-state index is 10.4. The Morgan fingerprint density at radius 2 is 1.91 bits per heavy atom. The predicted molar refractivity (Wildman–Crippen MR) is 33.6 cm³/mol. The van der Waals surface area contributed by atoms with Crippen molar-refractivity contribution in [1.29, 1.82) is 0 Å². The summed E-state index contributed by atoms with van der Waals surface area (Å²) in [6, 6.07) is 0. The summed E-state index contributed by atoms with van der Waals surface area (Å²) in [6.07, 6.45) is -2.29. The van der Waals surface area contributed by atoms with Crippen molar-refractivity contribution >= 4 is 6.16 Å². The number of cyclic esters (lactones) is 2. The minimum absolute atomic E-state index is 0.0243. The summed E-state index contributed by atoms with van der Waals surface area (Å²) in [4.78, 5) is 10.4. The summed E-state index contributed by atoms with van der Waals surface area (Å²) >= 11 is 0. The zero-order valence-electron chi connectivity index (χ0n) is 6.11. The molecule has 0 radical (unpaired) electrons. The first-order valence-corrected chi connectivity index (χ1v) is 3.20. The second-order valence-electron chi connectivity index (χ2n) is 2.86. The van der Waals surface area contributed by atoms with Crippen LogP contribution in [0.1, 0.15) is 6.92 Å². The summed E-state index contributed by atoms with van der Waals surface area (Å²) in [6.45, 7) is 1.51. The maximum Gasteiger partial charge on any atom is 0.508 e. The minimum Gasteiger partial charge on any atom is -0.433 e. The molecule has 2 N–H and O–H groups in total. The van der Waals surface area contributed by atoms with Gasteiger partial charge in [0.05, 0.1) is 5.41 Å². The van der Waals surface area contributed by atoms with Gasteiger partial charge in [-0.15, -0.1) is 0 Å². The molecule has 0 atom stereocenters. The van der Waals surface area contributed by atoms with Crippen LogP contribution >= 0.6 is 0 Å². The van der Waals surface area contributed by atoms with E-state index in [9.17, 15) is 4.79 Å². The highest BCUT2D eigenvalue weighted by molar-refractivity contribution is 5.60. The largest absolute Gasteiger partial charge is 0.508 e. The van der Waals surface area contributed by atoms with Crippen molar-refractivity contribution in [3.63, 3.8) is 0 Å². The molecule has 0 amide bonds. The van der Waals surface area contributed by atoms with Crippen molar-refractivity contribution in [3.8, 4) is 0 Å². The Kier molecular flexibility index (Phi) is 2.01. The Morgan fingerprint density at radius 3 is 2.27 bits per heavy atom. The second kappa shape index (κ2) is 2.67. The Balaban J connectivity index is 2.55. The quantitative estimate of drug-likeness (QED) is 0.400. The minimum atomic E-state index is -1.53. The van der Waals surface area contributed by atoms with Crippen LogP contribution in [0.3, 0.4) is 0 Å². The summed E-state index contributed by atoms with van der Waals surface area (Å²) in [5.41, 5.74) is -0.895. The first-order valence-electron chi connectivity index (χ1n) is 3.20. The summed E-state index contributed by atoms with van der Waals surface area (Å²) in [7, 11) is 0. The summed E-state index contributed by atoms with van der Waals surface area (Å²) < 4.78 is 8.95. The maximum absolute atomic E-state index is 10.4. The zero-order chi connectivity index (χ0) is 8.48. The van der Waals surface area contributed by atoms with Crippen molar-refractivity contribution in [2.24, 2.45) is 5.41 Å². The molecular formula is C6H10O5. The summed E-state index contributed by atoms with van der Waals surface area (Å²) in [5.74, 6) is 0. The molecule has 64 valence electrons. The Bertz CT molecular complexity index is 154. The third-order valence-corrected chi connectivity index (χ3v) is 1.66. The van der Waals surface area contributed by atoms with Gasteiger partial charge in [-0.1, -0.05) is 0 Å². The number of aliphatic hydroxyl groups excluding tert-OH is 1. The van der Waals surface area contributed by atoms with Crippen molar-refractivity contribution in [2.45, 2.75) is 13.2 Å². The summed E-state index contributed by atoms with van der Waals surface area (Å²) in [5, 5.41) is 17.6. The molecule has 0 aromatic heterocycles. The molecule has 5 heteroatoms. The molecule has 1 rings (SSSR count). The smallest absolute Gasteiger partial charge is 0.433 e. The van der Waals surface area contributed by atoms with Crippen LogP contribution in [-0.2, 0) is 9.47 Å². The lowest BCUT2D eigenvalue weighted by Gasteiger charge is -2.33. The molecule has 0 spiro atoms. The first-order chi connectivity index (χ1) is 5.04. The van der Waals surface area contributed by atoms with Crippen molar-refractivity contribution in [2.75, 3.05) is 13.2 Å². The van der Waals surface area contributed by atoms with E-state index in [0.717, 1.165) is 0 Å². The van der Waals surface area contributed by atoms with Crippen LogP contribution in [0, 0.1) is 5.41 Å². The third-order valence-electron chi connectivity index (χ3n) is 1.66. The highest BCUT2D eigenvalue weighted by atomic mass is 16.7. The number of rotatable bonds is 1. The molecule has 5 nitrogen and oxygen atoms in total. The van der Waals surface area contributed by atoms with Crippen LogP contribution in [0.25, 0.3) is 0 Å². The third kappa shape index (κ3) is 1.61. The van der Waals surface area contributed by atoms with Gasteiger partial charge in [-0.05, 0) is 6.92 Å². The van der Waals surface area contributed by atoms with Crippen molar-refractivity contribution < 1.29 is 24.5 Å². The van der Waals surface area contributed by atoms with Gasteiger partial charge in [0.1, 0.15) is 13.2 Å². The number of carbonyl (C=O) groups excluding carboxylic acids is 1. The fourth-order valence-corrected chi connectivity index (χ4v) is 0.680. The topological polar surface area (TPSA) is 76.0 Å². The van der Waals surface area contributed by atoms with Crippen LogP contribution in [-0.4, -0.2) is 35.9 Å². The Labute approximate surface area is 63.5 Å². The molecule has 0 aromatic carbocycles. The lowest BCUT2D eigenvalue weighted by atomic mass is 9.92. The molecule has 0 unspecified atom stereocenters. The molecule has 11 heavy (non-hydrogen) atoms. The van der Waals surface area contributed by atoms with E-state index in [1.807, 2.05) is 0 Å². The van der Waals surface area contributed by atoms with E-state index in [-0.39, 0.29) is 13.2 Å². The lowest BCUT2D eigenvalue weighted by molar-refractivity contribution is -0.184. The highest BCUT2D eigenvalue weighted by Crippen LogP contribution is 2.24. The molecule has 0 aliphatic carbocycles. The van der Waals surface area contributed by atoms with Gasteiger partial charge in [-0.25, -0.2) is 4.79 Å². The SMILES string of the molecule is CC1(C(O)O)COC(=O)OC1. The molecule has 0 bridgehead atoms. The van der Waals surface area contributed by atoms with Crippen molar-refractivity contribution in [1.82, 2.24) is 0 Å². The average Bonchev–Trinajstić information content (AvgIpc) is 1.95. The van der Waals surface area contributed by atoms with Crippen LogP contribution in [0.15, 0.2) is 0 Å². The first kappa shape index (κ1) is 8.29. The van der Waals surface area contributed by atoms with Crippen LogP contribution in [0.4, 0.5) is 4.79 Å². The van der Waals surface area contributed by atoms with Crippen LogP contribution < -0.4 is 0 Å². The van der Waals surface area contributed by atoms with Crippen LogP contribution in [0.5, 0.6) is 0 Å². The van der Waals surface area contributed by atoms with E-state index in [0.29, 0.717) is 0 Å². The Hall–Kier alpha value is -0.810. The number of ether oxygens (including phenoxy) is 2. The molecule has 1 aliphatic heterocycles. The van der Waals surface area contributed by atoms with Gasteiger partial charge in [0.15, 0.2) is 6.29 Å². The van der Waals surface area contributed by atoms with Crippen molar-refractivity contribution in [3.05, 3.63) is 0 Å². The van der Waals surface area contributed by atoms with E-state index >= 15 is 0 Å². The lowest BCUT2D eigenvalue weighted by Crippen LogP contribution is -2.45. The van der Waals surface area contributed by atoms with Crippen LogP contribution in [0.2, 0.25) is 0 Å². The van der Waals surface area contributed by atoms with Gasteiger partial charge in [0, 0.05) is 0 Å². The molecule has 1 aliphatic rings. The number of aliphatic hydroxyl groups is 2. The monoisotopic (exact) mass is 162 g/mol. The second-order valence-corrected chi connectivity index (χ2v) is 2.86. The van der Waals surface area contributed by atoms with Gasteiger partial charge in [0.25, 0.3) is 0 Å². The van der Waals surface area contributed by atoms with Gasteiger partial charge >= 0.3 is 6.16 Å².